The van der Waals surface area contributed by atoms with Gasteiger partial charge in [-0.15, -0.1) is 0 Å². The molecule has 1 saturated heterocycles. The first-order valence-corrected chi connectivity index (χ1v) is 7.90. The van der Waals surface area contributed by atoms with E-state index in [0.717, 1.165) is 23.5 Å². The summed E-state index contributed by atoms with van der Waals surface area (Å²) in [6.07, 6.45) is 0.147. The molecule has 0 N–H and O–H groups in total. The second-order valence-corrected chi connectivity index (χ2v) is 6.08. The molecule has 118 valence electrons. The Bertz CT molecular complexity index is 595. The van der Waals surface area contributed by atoms with Gasteiger partial charge in [0.15, 0.2) is 0 Å². The van der Waals surface area contributed by atoms with Crippen LogP contribution in [0.1, 0.15) is 37.0 Å². The van der Waals surface area contributed by atoms with Crippen LogP contribution in [-0.4, -0.2) is 38.0 Å². The van der Waals surface area contributed by atoms with Crippen molar-refractivity contribution >= 4 is 5.97 Å². The number of rotatable bonds is 6. The molecule has 1 aromatic rings. The maximum atomic E-state index is 11.9. The fourth-order valence-electron chi connectivity index (χ4n) is 3.25. The van der Waals surface area contributed by atoms with E-state index in [4.69, 9.17) is 18.9 Å². The fourth-order valence-corrected chi connectivity index (χ4v) is 3.25. The van der Waals surface area contributed by atoms with Crippen LogP contribution in [0.4, 0.5) is 0 Å². The lowest BCUT2D eigenvalue weighted by Crippen LogP contribution is -2.14. The Hall–Kier alpha value is -1.59. The summed E-state index contributed by atoms with van der Waals surface area (Å²) in [6, 6.07) is 6.08. The number of carbonyl (C=O) groups is 1. The normalized spacial score (nSPS) is 31.7. The molecule has 2 heterocycles. The lowest BCUT2D eigenvalue weighted by atomic mass is 10.0. The molecule has 2 fully saturated rings. The lowest BCUT2D eigenvalue weighted by molar-refractivity contribution is -0.145. The zero-order valence-corrected chi connectivity index (χ0v) is 12.8. The standard InChI is InChI=1S/C17H20O5/c1-3-19-17(18)14-13-12-6-4-5-11(15(12)22-16(13)14)9(2)20-7-10-8-21-10/h4-6,9-10,13-14,16H,3,7-8H2,1-2H3/t9?,10-,13?,14?,16?/m0/s1. The summed E-state index contributed by atoms with van der Waals surface area (Å²) in [5, 5.41) is 0. The molecule has 0 spiro atoms. The second kappa shape index (κ2) is 5.25. The molecule has 2 aliphatic heterocycles. The molecule has 1 saturated carbocycles. The molecule has 0 bridgehead atoms. The molecule has 0 radical (unpaired) electrons. The van der Waals surface area contributed by atoms with Gasteiger partial charge in [-0.25, -0.2) is 0 Å². The van der Waals surface area contributed by atoms with Crippen molar-refractivity contribution in [3.8, 4) is 5.75 Å². The number of fused-ring (bicyclic) bond motifs is 3. The Morgan fingerprint density at radius 3 is 3.00 bits per heavy atom. The van der Waals surface area contributed by atoms with E-state index in [9.17, 15) is 4.79 Å². The third kappa shape index (κ3) is 2.29. The van der Waals surface area contributed by atoms with Crippen LogP contribution < -0.4 is 4.74 Å². The molecule has 1 aliphatic carbocycles. The van der Waals surface area contributed by atoms with Gasteiger partial charge in [0.1, 0.15) is 23.9 Å². The third-order valence-corrected chi connectivity index (χ3v) is 4.57. The van der Waals surface area contributed by atoms with Gasteiger partial charge in [-0.1, -0.05) is 18.2 Å². The highest BCUT2D eigenvalue weighted by atomic mass is 16.6. The predicted molar refractivity (Wildman–Crippen MR) is 77.8 cm³/mol. The monoisotopic (exact) mass is 304 g/mol. The van der Waals surface area contributed by atoms with Gasteiger partial charge in [0.25, 0.3) is 0 Å². The number of hydrogen-bond acceptors (Lipinski definition) is 5. The summed E-state index contributed by atoms with van der Waals surface area (Å²) in [5.41, 5.74) is 2.16. The Labute approximate surface area is 129 Å². The minimum Gasteiger partial charge on any atom is -0.488 e. The zero-order valence-electron chi connectivity index (χ0n) is 12.8. The third-order valence-electron chi connectivity index (χ3n) is 4.57. The summed E-state index contributed by atoms with van der Waals surface area (Å²) in [7, 11) is 0. The van der Waals surface area contributed by atoms with Gasteiger partial charge < -0.3 is 18.9 Å². The lowest BCUT2D eigenvalue weighted by Gasteiger charge is -2.18. The first kappa shape index (κ1) is 14.0. The van der Waals surface area contributed by atoms with Crippen LogP contribution in [0.3, 0.4) is 0 Å². The summed E-state index contributed by atoms with van der Waals surface area (Å²) < 4.78 is 22.1. The van der Waals surface area contributed by atoms with Crippen molar-refractivity contribution < 1.29 is 23.7 Å². The molecule has 0 aromatic heterocycles. The first-order valence-electron chi connectivity index (χ1n) is 7.90. The van der Waals surface area contributed by atoms with Crippen molar-refractivity contribution in [1.82, 2.24) is 0 Å². The Morgan fingerprint density at radius 2 is 2.27 bits per heavy atom. The molecule has 3 aliphatic rings. The topological polar surface area (TPSA) is 57.3 Å². The average Bonchev–Trinajstić information content (AvgIpc) is 3.42. The van der Waals surface area contributed by atoms with Crippen molar-refractivity contribution in [2.24, 2.45) is 5.92 Å². The van der Waals surface area contributed by atoms with Crippen LogP contribution in [0.5, 0.6) is 5.75 Å². The molecular formula is C17H20O5. The minimum atomic E-state index is -0.149. The maximum absolute atomic E-state index is 11.9. The summed E-state index contributed by atoms with van der Waals surface area (Å²) >= 11 is 0. The van der Waals surface area contributed by atoms with Crippen molar-refractivity contribution in [3.63, 3.8) is 0 Å². The molecule has 5 atom stereocenters. The van der Waals surface area contributed by atoms with E-state index in [1.807, 2.05) is 32.0 Å². The van der Waals surface area contributed by atoms with Gasteiger partial charge in [0.05, 0.1) is 25.9 Å². The Morgan fingerprint density at radius 1 is 1.45 bits per heavy atom. The molecule has 5 nitrogen and oxygen atoms in total. The van der Waals surface area contributed by atoms with E-state index < -0.39 is 0 Å². The van der Waals surface area contributed by atoms with Crippen molar-refractivity contribution in [1.29, 1.82) is 0 Å². The van der Waals surface area contributed by atoms with E-state index in [1.54, 1.807) is 0 Å². The van der Waals surface area contributed by atoms with Gasteiger partial charge in [-0.3, -0.25) is 4.79 Å². The Kier molecular flexibility index (Phi) is 3.35. The van der Waals surface area contributed by atoms with Crippen LogP contribution in [0.2, 0.25) is 0 Å². The number of hydrogen-bond donors (Lipinski definition) is 0. The van der Waals surface area contributed by atoms with Gasteiger partial charge in [0, 0.05) is 17.0 Å². The highest BCUT2D eigenvalue weighted by Crippen LogP contribution is 2.60. The van der Waals surface area contributed by atoms with Crippen LogP contribution in [0.25, 0.3) is 0 Å². The number of para-hydroxylation sites is 1. The van der Waals surface area contributed by atoms with E-state index in [-0.39, 0.29) is 36.1 Å². The van der Waals surface area contributed by atoms with Gasteiger partial charge in [0.2, 0.25) is 0 Å². The molecule has 5 heteroatoms. The fraction of sp³-hybridized carbons (Fsp3) is 0.588. The molecule has 22 heavy (non-hydrogen) atoms. The van der Waals surface area contributed by atoms with Crippen LogP contribution in [0.15, 0.2) is 18.2 Å². The second-order valence-electron chi connectivity index (χ2n) is 6.08. The molecule has 4 unspecified atom stereocenters. The quantitative estimate of drug-likeness (QED) is 0.595. The highest BCUT2D eigenvalue weighted by molar-refractivity contribution is 5.81. The van der Waals surface area contributed by atoms with E-state index in [0.29, 0.717) is 13.2 Å². The van der Waals surface area contributed by atoms with Crippen molar-refractivity contribution in [2.45, 2.75) is 38.1 Å². The summed E-state index contributed by atoms with van der Waals surface area (Å²) in [4.78, 5) is 11.9. The van der Waals surface area contributed by atoms with Gasteiger partial charge in [-0.2, -0.15) is 0 Å². The minimum absolute atomic E-state index is 0.0438. The van der Waals surface area contributed by atoms with Gasteiger partial charge in [-0.05, 0) is 13.8 Å². The highest BCUT2D eigenvalue weighted by Gasteiger charge is 2.63. The van der Waals surface area contributed by atoms with Crippen molar-refractivity contribution in [3.05, 3.63) is 29.3 Å². The van der Waals surface area contributed by atoms with Gasteiger partial charge >= 0.3 is 5.97 Å². The number of epoxide rings is 1. The van der Waals surface area contributed by atoms with E-state index in [1.165, 1.54) is 0 Å². The Balaban J connectivity index is 1.49. The molecule has 1 aromatic carbocycles. The molecule has 0 amide bonds. The number of benzene rings is 1. The largest absolute Gasteiger partial charge is 0.488 e. The zero-order chi connectivity index (χ0) is 15.3. The average molecular weight is 304 g/mol. The predicted octanol–water partition coefficient (Wildman–Crippen LogP) is 2.20. The number of esters is 1. The number of ether oxygens (including phenoxy) is 4. The smallest absolute Gasteiger partial charge is 0.313 e. The van der Waals surface area contributed by atoms with E-state index >= 15 is 0 Å². The van der Waals surface area contributed by atoms with Crippen LogP contribution in [0, 0.1) is 5.92 Å². The molecular weight excluding hydrogens is 284 g/mol. The summed E-state index contributed by atoms with van der Waals surface area (Å²) in [6.45, 7) is 5.67. The SMILES string of the molecule is CCOC(=O)C1C2Oc3c(C(C)OC[C@H]4CO4)cccc3C21. The van der Waals surface area contributed by atoms with Crippen molar-refractivity contribution in [2.75, 3.05) is 19.8 Å². The summed E-state index contributed by atoms with van der Waals surface area (Å²) in [5.74, 6) is 0.748. The van der Waals surface area contributed by atoms with Crippen LogP contribution in [-0.2, 0) is 19.0 Å². The maximum Gasteiger partial charge on any atom is 0.313 e. The molecule has 4 rings (SSSR count). The number of carbonyl (C=O) groups excluding carboxylic acids is 1. The van der Waals surface area contributed by atoms with E-state index in [2.05, 4.69) is 0 Å². The van der Waals surface area contributed by atoms with Crippen LogP contribution >= 0.6 is 0 Å². The first-order chi connectivity index (χ1) is 10.7.